The van der Waals surface area contributed by atoms with Gasteiger partial charge in [-0.15, -0.1) is 0 Å². The Labute approximate surface area is 127 Å². The van der Waals surface area contributed by atoms with Crippen molar-refractivity contribution in [2.45, 2.75) is 111 Å². The summed E-state index contributed by atoms with van der Waals surface area (Å²) in [5, 5.41) is 0. The van der Waals surface area contributed by atoms with E-state index in [9.17, 15) is 4.79 Å². The SMILES string of the molecule is CCCCCCCCC(CCCCCC)CCC(C)=O. The van der Waals surface area contributed by atoms with E-state index < -0.39 is 0 Å². The Hall–Kier alpha value is -0.330. The van der Waals surface area contributed by atoms with Gasteiger partial charge in [0.25, 0.3) is 0 Å². The molecule has 0 aromatic heterocycles. The van der Waals surface area contributed by atoms with Gasteiger partial charge in [-0.3, -0.25) is 0 Å². The maximum Gasteiger partial charge on any atom is 0.129 e. The highest BCUT2D eigenvalue weighted by Crippen LogP contribution is 2.23. The Bertz CT molecular complexity index is 210. The monoisotopic (exact) mass is 282 g/mol. The van der Waals surface area contributed by atoms with E-state index in [0.29, 0.717) is 5.78 Å². The maximum absolute atomic E-state index is 11.2. The molecule has 0 aromatic rings. The second-order valence-corrected chi connectivity index (χ2v) is 6.51. The summed E-state index contributed by atoms with van der Waals surface area (Å²) in [5.74, 6) is 1.17. The van der Waals surface area contributed by atoms with Crippen LogP contribution in [-0.2, 0) is 4.79 Å². The number of Topliss-reactive ketones (excluding diaryl/α,β-unsaturated/α-hetero) is 1. The fourth-order valence-electron chi connectivity index (χ4n) is 2.91. The van der Waals surface area contributed by atoms with Gasteiger partial charge in [-0.05, 0) is 19.3 Å². The standard InChI is InChI=1S/C19H38O/c1-4-6-8-10-11-13-15-19(17-16-18(3)20)14-12-9-7-5-2/h19H,4-17H2,1-3H3. The van der Waals surface area contributed by atoms with E-state index in [0.717, 1.165) is 18.8 Å². The molecule has 0 saturated heterocycles. The first-order chi connectivity index (χ1) is 9.70. The van der Waals surface area contributed by atoms with Gasteiger partial charge in [0.15, 0.2) is 0 Å². The molecule has 0 saturated carbocycles. The van der Waals surface area contributed by atoms with Crippen LogP contribution in [0.25, 0.3) is 0 Å². The largest absolute Gasteiger partial charge is 0.300 e. The third-order valence-electron chi connectivity index (χ3n) is 4.34. The number of hydrogen-bond acceptors (Lipinski definition) is 1. The molecule has 0 amide bonds. The highest BCUT2D eigenvalue weighted by molar-refractivity contribution is 5.75. The molecule has 0 spiro atoms. The average molecular weight is 283 g/mol. The Kier molecular flexibility index (Phi) is 14.8. The van der Waals surface area contributed by atoms with E-state index in [2.05, 4.69) is 13.8 Å². The predicted octanol–water partition coefficient (Wildman–Crippen LogP) is 6.69. The van der Waals surface area contributed by atoms with E-state index in [4.69, 9.17) is 0 Å². The van der Waals surface area contributed by atoms with Gasteiger partial charge in [-0.2, -0.15) is 0 Å². The molecule has 120 valence electrons. The van der Waals surface area contributed by atoms with Crippen molar-refractivity contribution in [2.24, 2.45) is 5.92 Å². The van der Waals surface area contributed by atoms with Crippen LogP contribution >= 0.6 is 0 Å². The summed E-state index contributed by atoms with van der Waals surface area (Å²) in [6.45, 7) is 6.27. The quantitative estimate of drug-likeness (QED) is 0.306. The zero-order valence-electron chi connectivity index (χ0n) is 14.4. The lowest BCUT2D eigenvalue weighted by atomic mass is 9.90. The maximum atomic E-state index is 11.2. The molecule has 0 N–H and O–H groups in total. The summed E-state index contributed by atoms with van der Waals surface area (Å²) in [6, 6.07) is 0. The van der Waals surface area contributed by atoms with Crippen molar-refractivity contribution < 1.29 is 4.79 Å². The summed E-state index contributed by atoms with van der Waals surface area (Å²) in [4.78, 5) is 11.2. The van der Waals surface area contributed by atoms with Crippen molar-refractivity contribution in [3.8, 4) is 0 Å². The molecule has 1 atom stereocenters. The van der Waals surface area contributed by atoms with Gasteiger partial charge in [-0.25, -0.2) is 0 Å². The van der Waals surface area contributed by atoms with E-state index in [1.165, 1.54) is 77.0 Å². The highest BCUT2D eigenvalue weighted by Gasteiger charge is 2.09. The van der Waals surface area contributed by atoms with Crippen molar-refractivity contribution >= 4 is 5.78 Å². The van der Waals surface area contributed by atoms with E-state index in [1.807, 2.05) is 0 Å². The van der Waals surface area contributed by atoms with Gasteiger partial charge in [0.05, 0.1) is 0 Å². The van der Waals surface area contributed by atoms with Crippen LogP contribution in [0.4, 0.5) is 0 Å². The molecule has 1 heteroatoms. The van der Waals surface area contributed by atoms with Gasteiger partial charge >= 0.3 is 0 Å². The lowest BCUT2D eigenvalue weighted by Crippen LogP contribution is -2.04. The average Bonchev–Trinajstić information content (AvgIpc) is 2.43. The predicted molar refractivity (Wildman–Crippen MR) is 90.2 cm³/mol. The van der Waals surface area contributed by atoms with Gasteiger partial charge in [0.2, 0.25) is 0 Å². The molecular weight excluding hydrogens is 244 g/mol. The van der Waals surface area contributed by atoms with E-state index in [1.54, 1.807) is 6.92 Å². The lowest BCUT2D eigenvalue weighted by molar-refractivity contribution is -0.117. The molecule has 0 radical (unpaired) electrons. The molecule has 0 aliphatic heterocycles. The first-order valence-electron chi connectivity index (χ1n) is 9.20. The third-order valence-corrected chi connectivity index (χ3v) is 4.34. The molecule has 20 heavy (non-hydrogen) atoms. The lowest BCUT2D eigenvalue weighted by Gasteiger charge is -2.16. The number of carbonyl (C=O) groups excluding carboxylic acids is 1. The molecule has 0 fully saturated rings. The van der Waals surface area contributed by atoms with Crippen molar-refractivity contribution in [3.05, 3.63) is 0 Å². The number of ketones is 1. The molecule has 0 bridgehead atoms. The van der Waals surface area contributed by atoms with Crippen LogP contribution in [0.3, 0.4) is 0 Å². The van der Waals surface area contributed by atoms with Crippen LogP contribution < -0.4 is 0 Å². The van der Waals surface area contributed by atoms with Crippen LogP contribution in [0, 0.1) is 5.92 Å². The summed E-state index contributed by atoms with van der Waals surface area (Å²) in [6.07, 6.45) is 18.4. The molecular formula is C19H38O. The molecule has 0 aromatic carbocycles. The number of carbonyl (C=O) groups is 1. The van der Waals surface area contributed by atoms with Gasteiger partial charge in [0, 0.05) is 6.42 Å². The van der Waals surface area contributed by atoms with Crippen LogP contribution in [0.1, 0.15) is 111 Å². The summed E-state index contributed by atoms with van der Waals surface area (Å²) < 4.78 is 0. The zero-order valence-corrected chi connectivity index (χ0v) is 14.4. The van der Waals surface area contributed by atoms with Crippen molar-refractivity contribution in [1.82, 2.24) is 0 Å². The fourth-order valence-corrected chi connectivity index (χ4v) is 2.91. The van der Waals surface area contributed by atoms with Crippen LogP contribution in [-0.4, -0.2) is 5.78 Å². The molecule has 1 unspecified atom stereocenters. The Balaban J connectivity index is 3.71. The van der Waals surface area contributed by atoms with E-state index in [-0.39, 0.29) is 0 Å². The normalized spacial score (nSPS) is 12.6. The first-order valence-corrected chi connectivity index (χ1v) is 9.20. The fraction of sp³-hybridized carbons (Fsp3) is 0.947. The van der Waals surface area contributed by atoms with Gasteiger partial charge in [0.1, 0.15) is 5.78 Å². The Morgan fingerprint density at radius 3 is 1.65 bits per heavy atom. The molecule has 0 aliphatic carbocycles. The summed E-state index contributed by atoms with van der Waals surface area (Å²) in [5.41, 5.74) is 0. The number of hydrogen-bond donors (Lipinski definition) is 0. The zero-order chi connectivity index (χ0) is 15.1. The van der Waals surface area contributed by atoms with Crippen LogP contribution in [0.15, 0.2) is 0 Å². The van der Waals surface area contributed by atoms with Crippen LogP contribution in [0.5, 0.6) is 0 Å². The molecule has 0 rings (SSSR count). The van der Waals surface area contributed by atoms with Crippen molar-refractivity contribution in [3.63, 3.8) is 0 Å². The minimum absolute atomic E-state index is 0.367. The van der Waals surface area contributed by atoms with Crippen LogP contribution in [0.2, 0.25) is 0 Å². The minimum Gasteiger partial charge on any atom is -0.300 e. The highest BCUT2D eigenvalue weighted by atomic mass is 16.1. The summed E-state index contributed by atoms with van der Waals surface area (Å²) in [7, 11) is 0. The summed E-state index contributed by atoms with van der Waals surface area (Å²) >= 11 is 0. The number of rotatable bonds is 15. The topological polar surface area (TPSA) is 17.1 Å². The second-order valence-electron chi connectivity index (χ2n) is 6.51. The third kappa shape index (κ3) is 14.1. The Morgan fingerprint density at radius 1 is 0.700 bits per heavy atom. The van der Waals surface area contributed by atoms with Crippen molar-refractivity contribution in [1.29, 1.82) is 0 Å². The second kappa shape index (κ2) is 15.1. The van der Waals surface area contributed by atoms with Gasteiger partial charge < -0.3 is 4.79 Å². The number of unbranched alkanes of at least 4 members (excludes halogenated alkanes) is 8. The minimum atomic E-state index is 0.367. The molecule has 0 aliphatic rings. The first kappa shape index (κ1) is 19.7. The molecule has 1 nitrogen and oxygen atoms in total. The Morgan fingerprint density at radius 2 is 1.15 bits per heavy atom. The molecule has 0 heterocycles. The van der Waals surface area contributed by atoms with Crippen molar-refractivity contribution in [2.75, 3.05) is 0 Å². The van der Waals surface area contributed by atoms with Gasteiger partial charge in [-0.1, -0.05) is 90.9 Å². The van der Waals surface area contributed by atoms with E-state index >= 15 is 0 Å². The smallest absolute Gasteiger partial charge is 0.129 e.